The number of amides is 1. The molecule has 1 aromatic rings. The minimum Gasteiger partial charge on any atom is -0.479 e. The SMILES string of the molecule is CC(=O)N[C@H]1[C@H](Oc2ccc([N+](=O)[O-])cc2)O[C@H](C(=O)O)[C@H](O)[C@@H]1O. The Bertz CT molecular complexity index is 663. The van der Waals surface area contributed by atoms with Gasteiger partial charge in [0.15, 0.2) is 6.10 Å². The Hall–Kier alpha value is -2.76. The van der Waals surface area contributed by atoms with Gasteiger partial charge in [-0.1, -0.05) is 0 Å². The molecule has 11 nitrogen and oxygen atoms in total. The minimum absolute atomic E-state index is 0.0821. The highest BCUT2D eigenvalue weighted by Gasteiger charge is 2.49. The lowest BCUT2D eigenvalue weighted by Gasteiger charge is -2.41. The van der Waals surface area contributed by atoms with Crippen LogP contribution >= 0.6 is 0 Å². The monoisotopic (exact) mass is 356 g/mol. The third kappa shape index (κ3) is 4.21. The number of ether oxygens (including phenoxy) is 2. The number of carboxylic acid groups (broad SMARTS) is 1. The number of benzene rings is 1. The number of rotatable bonds is 5. The van der Waals surface area contributed by atoms with Crippen molar-refractivity contribution in [3.05, 3.63) is 34.4 Å². The Labute approximate surface area is 140 Å². The van der Waals surface area contributed by atoms with E-state index >= 15 is 0 Å². The highest BCUT2D eigenvalue weighted by Crippen LogP contribution is 2.26. The summed E-state index contributed by atoms with van der Waals surface area (Å²) in [6.07, 6.45) is -6.67. The average Bonchev–Trinajstić information content (AvgIpc) is 2.54. The van der Waals surface area contributed by atoms with Crippen molar-refractivity contribution >= 4 is 17.6 Å². The van der Waals surface area contributed by atoms with Crippen molar-refractivity contribution in [1.82, 2.24) is 5.32 Å². The number of nitro groups is 1. The van der Waals surface area contributed by atoms with Crippen LogP contribution in [0, 0.1) is 10.1 Å². The Balaban J connectivity index is 2.24. The quantitative estimate of drug-likeness (QED) is 0.382. The summed E-state index contributed by atoms with van der Waals surface area (Å²) in [5.74, 6) is -2.00. The Morgan fingerprint density at radius 1 is 1.24 bits per heavy atom. The van der Waals surface area contributed by atoms with Crippen molar-refractivity contribution in [1.29, 1.82) is 0 Å². The number of carbonyl (C=O) groups is 2. The molecule has 1 aliphatic heterocycles. The third-order valence-corrected chi connectivity index (χ3v) is 3.52. The normalized spacial score (nSPS) is 28.8. The molecule has 11 heteroatoms. The zero-order chi connectivity index (χ0) is 18.7. The van der Waals surface area contributed by atoms with Gasteiger partial charge in [0.2, 0.25) is 12.2 Å². The van der Waals surface area contributed by atoms with Crippen LogP contribution in [0.3, 0.4) is 0 Å². The number of aliphatic hydroxyl groups is 2. The minimum atomic E-state index is -1.79. The van der Waals surface area contributed by atoms with Crippen LogP contribution in [0.5, 0.6) is 5.75 Å². The molecular formula is C14H16N2O9. The molecule has 1 aliphatic rings. The predicted molar refractivity (Wildman–Crippen MR) is 79.6 cm³/mol. The molecule has 4 N–H and O–H groups in total. The van der Waals surface area contributed by atoms with Gasteiger partial charge in [-0.25, -0.2) is 4.79 Å². The van der Waals surface area contributed by atoms with Crippen molar-refractivity contribution in [3.63, 3.8) is 0 Å². The van der Waals surface area contributed by atoms with E-state index in [1.54, 1.807) is 0 Å². The van der Waals surface area contributed by atoms with Gasteiger partial charge in [-0.15, -0.1) is 0 Å². The Kier molecular flexibility index (Phi) is 5.51. The first-order valence-electron chi connectivity index (χ1n) is 7.13. The molecule has 1 fully saturated rings. The molecule has 0 radical (unpaired) electrons. The molecule has 1 saturated heterocycles. The van der Waals surface area contributed by atoms with Gasteiger partial charge in [0.05, 0.1) is 4.92 Å². The van der Waals surface area contributed by atoms with Crippen LogP contribution < -0.4 is 10.1 Å². The first-order valence-corrected chi connectivity index (χ1v) is 7.13. The first kappa shape index (κ1) is 18.6. The second-order valence-corrected chi connectivity index (χ2v) is 5.34. The molecule has 5 atom stereocenters. The number of aliphatic hydroxyl groups excluding tert-OH is 2. The van der Waals surface area contributed by atoms with E-state index in [-0.39, 0.29) is 11.4 Å². The Morgan fingerprint density at radius 3 is 2.32 bits per heavy atom. The van der Waals surface area contributed by atoms with E-state index in [1.807, 2.05) is 0 Å². The van der Waals surface area contributed by atoms with Gasteiger partial charge < -0.3 is 30.1 Å². The molecule has 136 valence electrons. The van der Waals surface area contributed by atoms with Gasteiger partial charge >= 0.3 is 5.97 Å². The van der Waals surface area contributed by atoms with E-state index < -0.39 is 47.4 Å². The van der Waals surface area contributed by atoms with Crippen LogP contribution in [0.25, 0.3) is 0 Å². The van der Waals surface area contributed by atoms with E-state index in [4.69, 9.17) is 14.6 Å². The van der Waals surface area contributed by atoms with E-state index in [1.165, 1.54) is 12.1 Å². The van der Waals surface area contributed by atoms with Crippen molar-refractivity contribution in [2.24, 2.45) is 0 Å². The van der Waals surface area contributed by atoms with Crippen molar-refractivity contribution in [2.45, 2.75) is 37.6 Å². The molecule has 1 aromatic carbocycles. The molecule has 0 saturated carbocycles. The lowest BCUT2D eigenvalue weighted by Crippen LogP contribution is -2.66. The lowest BCUT2D eigenvalue weighted by atomic mass is 9.96. The lowest BCUT2D eigenvalue weighted by molar-refractivity contribution is -0.384. The first-order chi connectivity index (χ1) is 11.7. The standard InChI is InChI=1S/C14H16N2O9/c1-6(17)15-9-10(18)11(19)12(13(20)21)25-14(9)24-8-4-2-7(3-5-8)16(22)23/h2-5,9-12,14,18-19H,1H3,(H,15,17)(H,20,21)/t9-,10-,11-,12+,14-/m1/s1. The van der Waals surface area contributed by atoms with E-state index in [0.29, 0.717) is 0 Å². The topological polar surface area (TPSA) is 168 Å². The molecule has 2 rings (SSSR count). The maximum atomic E-state index is 11.3. The van der Waals surface area contributed by atoms with Crippen molar-refractivity contribution < 1.29 is 39.3 Å². The predicted octanol–water partition coefficient (Wildman–Crippen LogP) is -0.990. The summed E-state index contributed by atoms with van der Waals surface area (Å²) in [5.41, 5.74) is -0.186. The zero-order valence-corrected chi connectivity index (χ0v) is 12.9. The molecule has 1 heterocycles. The van der Waals surface area contributed by atoms with Crippen molar-refractivity contribution in [3.8, 4) is 5.75 Å². The summed E-state index contributed by atoms with van der Waals surface area (Å²) in [5, 5.41) is 42.0. The second kappa shape index (κ2) is 7.42. The molecule has 0 bridgehead atoms. The molecule has 0 spiro atoms. The number of hydrogen-bond acceptors (Lipinski definition) is 8. The van der Waals surface area contributed by atoms with Crippen molar-refractivity contribution in [2.75, 3.05) is 0 Å². The van der Waals surface area contributed by atoms with E-state index in [2.05, 4.69) is 5.32 Å². The molecule has 1 amide bonds. The van der Waals surface area contributed by atoms with E-state index in [9.17, 15) is 29.9 Å². The second-order valence-electron chi connectivity index (χ2n) is 5.34. The van der Waals surface area contributed by atoms with Gasteiger partial charge in [-0.3, -0.25) is 14.9 Å². The molecule has 0 aromatic heterocycles. The van der Waals surface area contributed by atoms with Crippen LogP contribution in [-0.2, 0) is 14.3 Å². The largest absolute Gasteiger partial charge is 0.479 e. The maximum absolute atomic E-state index is 11.3. The number of nitrogens with zero attached hydrogens (tertiary/aromatic N) is 1. The van der Waals surface area contributed by atoms with Gasteiger partial charge in [0.1, 0.15) is 24.0 Å². The summed E-state index contributed by atoms with van der Waals surface area (Å²) in [6.45, 7) is 1.16. The van der Waals surface area contributed by atoms with Gasteiger partial charge in [0, 0.05) is 19.1 Å². The van der Waals surface area contributed by atoms with Crippen LogP contribution in [0.15, 0.2) is 24.3 Å². The van der Waals surface area contributed by atoms with Gasteiger partial charge in [-0.2, -0.15) is 0 Å². The fourth-order valence-electron chi connectivity index (χ4n) is 2.34. The molecular weight excluding hydrogens is 340 g/mol. The summed E-state index contributed by atoms with van der Waals surface area (Å²) in [4.78, 5) is 32.5. The number of carboxylic acids is 1. The van der Waals surface area contributed by atoms with Gasteiger partial charge in [-0.05, 0) is 12.1 Å². The number of nitro benzene ring substituents is 1. The summed E-state index contributed by atoms with van der Waals surface area (Å²) >= 11 is 0. The fourth-order valence-corrected chi connectivity index (χ4v) is 2.34. The zero-order valence-electron chi connectivity index (χ0n) is 12.9. The summed E-state index contributed by atoms with van der Waals surface area (Å²) < 4.78 is 10.6. The number of nitrogens with one attached hydrogen (secondary N) is 1. The number of non-ortho nitro benzene ring substituents is 1. The summed E-state index contributed by atoms with van der Waals surface area (Å²) in [7, 11) is 0. The van der Waals surface area contributed by atoms with Crippen LogP contribution in [0.4, 0.5) is 5.69 Å². The molecule has 0 aliphatic carbocycles. The third-order valence-electron chi connectivity index (χ3n) is 3.52. The number of carbonyl (C=O) groups excluding carboxylic acids is 1. The smallest absolute Gasteiger partial charge is 0.335 e. The van der Waals surface area contributed by atoms with Crippen LogP contribution in [0.1, 0.15) is 6.92 Å². The van der Waals surface area contributed by atoms with E-state index in [0.717, 1.165) is 19.1 Å². The summed E-state index contributed by atoms with van der Waals surface area (Å²) in [6, 6.07) is 3.56. The number of aliphatic carboxylic acids is 1. The van der Waals surface area contributed by atoms with Crippen LogP contribution in [0.2, 0.25) is 0 Å². The Morgan fingerprint density at radius 2 is 1.84 bits per heavy atom. The van der Waals surface area contributed by atoms with Crippen LogP contribution in [-0.4, -0.2) is 62.8 Å². The maximum Gasteiger partial charge on any atom is 0.335 e. The number of hydrogen-bond donors (Lipinski definition) is 4. The molecule has 0 unspecified atom stereocenters. The van der Waals surface area contributed by atoms with Gasteiger partial charge in [0.25, 0.3) is 5.69 Å². The average molecular weight is 356 g/mol. The molecule has 25 heavy (non-hydrogen) atoms. The highest BCUT2D eigenvalue weighted by molar-refractivity contribution is 5.74. The highest BCUT2D eigenvalue weighted by atomic mass is 16.7. The fraction of sp³-hybridized carbons (Fsp3) is 0.429.